The van der Waals surface area contributed by atoms with Crippen molar-refractivity contribution < 1.29 is 0 Å². The predicted molar refractivity (Wildman–Crippen MR) is 268 cm³/mol. The lowest BCUT2D eigenvalue weighted by molar-refractivity contribution is 0.177. The van der Waals surface area contributed by atoms with E-state index in [2.05, 4.69) is 117 Å². The molecule has 1 saturated carbocycles. The van der Waals surface area contributed by atoms with E-state index in [0.717, 1.165) is 45.3 Å². The molecule has 0 saturated heterocycles. The second-order valence-corrected chi connectivity index (χ2v) is 21.4. The largest absolute Gasteiger partial charge is 0.126 e. The van der Waals surface area contributed by atoms with Crippen LogP contribution in [0.4, 0.5) is 0 Å². The van der Waals surface area contributed by atoms with Crippen molar-refractivity contribution in [1.29, 1.82) is 0 Å². The maximum atomic E-state index is 3.39. The number of rotatable bonds is 0. The average molecular weight is 879 g/mol. The van der Waals surface area contributed by atoms with Crippen LogP contribution in [0.2, 0.25) is 0 Å². The van der Waals surface area contributed by atoms with E-state index in [4.69, 9.17) is 0 Å². The van der Waals surface area contributed by atoms with Crippen LogP contribution in [0.5, 0.6) is 0 Å². The van der Waals surface area contributed by atoms with Crippen LogP contribution in [0.1, 0.15) is 144 Å². The fourth-order valence-electron chi connectivity index (χ4n) is 7.30. The quantitative estimate of drug-likeness (QED) is 0.205. The molecule has 0 aromatic heterocycles. The molecule has 4 heterocycles. The van der Waals surface area contributed by atoms with Crippen LogP contribution in [0, 0.1) is 50.1 Å². The Morgan fingerprint density at radius 1 is 0.293 bits per heavy atom. The molecule has 6 heteroatoms. The summed E-state index contributed by atoms with van der Waals surface area (Å²) in [6.45, 7) is 0. The Balaban J connectivity index is 1.06. The Morgan fingerprint density at radius 2 is 0.586 bits per heavy atom. The molecular weight excluding hydrogens is 817 g/mol. The van der Waals surface area contributed by atoms with Gasteiger partial charge in [-0.1, -0.05) is 141 Å². The standard InChI is InChI=1S/C52H62S6/c1-3-7-14-38-57-50-24-26-51(27-25-50)58-39-15-8-4-2-6-13-37-54-41-29-47-18-22-49(23-19-47)31-43-56-45-35-52(32-10-9-11-33-52)34-44-55-42-30-48-20-16-46(17-21-48)28-40-53-36-12-5-1/h16-27H,1-15,32-39,44-45H2. The molecule has 306 valence electrons. The van der Waals surface area contributed by atoms with Crippen molar-refractivity contribution in [3.63, 3.8) is 0 Å². The zero-order valence-corrected chi connectivity index (χ0v) is 39.5. The SMILES string of the molecule is C1#Cc2ccc(cc2)C#CSCCC2(CCCCC2)CCSC#Cc2ccc(cc2)C#CSCCCCCCCCSc2ccc(cc2)SCCCCCCCCS1. The maximum absolute atomic E-state index is 3.39. The highest BCUT2D eigenvalue weighted by Gasteiger charge is 2.31. The van der Waals surface area contributed by atoms with Crippen LogP contribution in [-0.2, 0) is 0 Å². The first-order chi connectivity index (χ1) is 28.8. The first-order valence-corrected chi connectivity index (χ1v) is 27.7. The zero-order chi connectivity index (χ0) is 40.0. The molecule has 0 N–H and O–H groups in total. The molecule has 1 aliphatic carbocycles. The zero-order valence-electron chi connectivity index (χ0n) is 34.6. The molecule has 6 bridgehead atoms. The van der Waals surface area contributed by atoms with Crippen LogP contribution in [0.3, 0.4) is 0 Å². The van der Waals surface area contributed by atoms with Gasteiger partial charge < -0.3 is 0 Å². The first-order valence-electron chi connectivity index (χ1n) is 21.8. The first kappa shape index (κ1) is 47.1. The summed E-state index contributed by atoms with van der Waals surface area (Å²) in [6, 6.07) is 26.2. The lowest BCUT2D eigenvalue weighted by Crippen LogP contribution is -2.25. The van der Waals surface area contributed by atoms with Gasteiger partial charge in [-0.2, -0.15) is 0 Å². The van der Waals surface area contributed by atoms with Crippen LogP contribution >= 0.6 is 70.6 Å². The van der Waals surface area contributed by atoms with Gasteiger partial charge in [-0.3, -0.25) is 0 Å². The van der Waals surface area contributed by atoms with Crippen molar-refractivity contribution in [1.82, 2.24) is 0 Å². The minimum absolute atomic E-state index is 0.454. The lowest BCUT2D eigenvalue weighted by Gasteiger charge is -2.37. The molecular formula is C52H62S6. The molecule has 8 rings (SSSR count). The van der Waals surface area contributed by atoms with E-state index in [1.54, 1.807) is 47.0 Å². The summed E-state index contributed by atoms with van der Waals surface area (Å²) in [6.07, 6.45) is 25.1. The highest BCUT2D eigenvalue weighted by Crippen LogP contribution is 2.43. The van der Waals surface area contributed by atoms with E-state index in [0.29, 0.717) is 5.41 Å². The summed E-state index contributed by atoms with van der Waals surface area (Å²) in [4.78, 5) is 2.82. The van der Waals surface area contributed by atoms with E-state index in [9.17, 15) is 0 Å². The molecule has 0 unspecified atom stereocenters. The van der Waals surface area contributed by atoms with Gasteiger partial charge in [0.25, 0.3) is 0 Å². The normalized spacial score (nSPS) is 19.1. The van der Waals surface area contributed by atoms with Crippen LogP contribution in [0.25, 0.3) is 0 Å². The molecule has 0 radical (unpaired) electrons. The molecule has 3 aromatic rings. The van der Waals surface area contributed by atoms with Crippen molar-refractivity contribution in [2.45, 2.75) is 132 Å². The molecule has 58 heavy (non-hydrogen) atoms. The lowest BCUT2D eigenvalue weighted by atomic mass is 9.70. The number of benzene rings is 3. The molecule has 4 aliphatic heterocycles. The smallest absolute Gasteiger partial charge is 0.0255 e. The van der Waals surface area contributed by atoms with Gasteiger partial charge in [0, 0.05) is 55.1 Å². The van der Waals surface area contributed by atoms with Crippen molar-refractivity contribution in [2.75, 3.05) is 34.5 Å². The average Bonchev–Trinajstić information content (AvgIpc) is 3.25. The molecule has 3 aromatic carbocycles. The number of hydrogen-bond acceptors (Lipinski definition) is 6. The fraction of sp³-hybridized carbons (Fsp3) is 0.500. The third-order valence-corrected chi connectivity index (χ3v) is 15.9. The van der Waals surface area contributed by atoms with Gasteiger partial charge in [0.2, 0.25) is 0 Å². The van der Waals surface area contributed by atoms with Gasteiger partial charge in [-0.05, 0) is 162 Å². The van der Waals surface area contributed by atoms with Crippen LogP contribution in [-0.4, -0.2) is 34.5 Å². The van der Waals surface area contributed by atoms with E-state index in [1.807, 2.05) is 23.5 Å². The van der Waals surface area contributed by atoms with Gasteiger partial charge in [-0.25, -0.2) is 0 Å². The van der Waals surface area contributed by atoms with Gasteiger partial charge in [-0.15, -0.1) is 23.5 Å². The van der Waals surface area contributed by atoms with Gasteiger partial charge in [0.1, 0.15) is 0 Å². The number of thioether (sulfide) groups is 6. The minimum Gasteiger partial charge on any atom is -0.126 e. The van der Waals surface area contributed by atoms with Gasteiger partial charge in [0.05, 0.1) is 0 Å². The predicted octanol–water partition coefficient (Wildman–Crippen LogP) is 15.9. The highest BCUT2D eigenvalue weighted by atomic mass is 32.2. The Kier molecular flexibility index (Phi) is 24.4. The summed E-state index contributed by atoms with van der Waals surface area (Å²) in [5.74, 6) is 20.3. The van der Waals surface area contributed by atoms with E-state index in [1.165, 1.54) is 143 Å². The summed E-state index contributed by atoms with van der Waals surface area (Å²) in [7, 11) is 0. The van der Waals surface area contributed by atoms with Crippen molar-refractivity contribution in [3.8, 4) is 44.7 Å². The fourth-order valence-corrected chi connectivity index (χ4v) is 12.1. The third-order valence-electron chi connectivity index (χ3n) is 10.9. The van der Waals surface area contributed by atoms with Crippen molar-refractivity contribution >= 4 is 70.6 Å². The summed E-state index contributed by atoms with van der Waals surface area (Å²) in [5, 5.41) is 13.4. The monoisotopic (exact) mass is 878 g/mol. The van der Waals surface area contributed by atoms with E-state index < -0.39 is 0 Å². The van der Waals surface area contributed by atoms with Crippen LogP contribution < -0.4 is 0 Å². The summed E-state index contributed by atoms with van der Waals surface area (Å²) >= 11 is 11.1. The molecule has 5 aliphatic rings. The highest BCUT2D eigenvalue weighted by molar-refractivity contribution is 8.04. The minimum atomic E-state index is 0.454. The molecule has 1 spiro atoms. The van der Waals surface area contributed by atoms with Gasteiger partial charge >= 0.3 is 0 Å². The van der Waals surface area contributed by atoms with Crippen molar-refractivity contribution in [2.24, 2.45) is 5.41 Å². The second kappa shape index (κ2) is 30.1. The number of hydrogen-bond donors (Lipinski definition) is 0. The Morgan fingerprint density at radius 3 is 0.948 bits per heavy atom. The maximum Gasteiger partial charge on any atom is 0.0255 e. The van der Waals surface area contributed by atoms with E-state index in [-0.39, 0.29) is 0 Å². The Bertz CT molecular complexity index is 1700. The summed E-state index contributed by atoms with van der Waals surface area (Å²) in [5.41, 5.74) is 4.75. The van der Waals surface area contributed by atoms with Crippen LogP contribution in [0.15, 0.2) is 82.6 Å². The molecule has 1 fully saturated rings. The van der Waals surface area contributed by atoms with Gasteiger partial charge in [0.15, 0.2) is 0 Å². The third kappa shape index (κ3) is 20.5. The molecule has 0 atom stereocenters. The Labute approximate surface area is 379 Å². The molecule has 0 amide bonds. The van der Waals surface area contributed by atoms with Crippen molar-refractivity contribution in [3.05, 3.63) is 95.1 Å². The Hall–Kier alpha value is -2.00. The second-order valence-electron chi connectivity index (χ2n) is 15.4. The topological polar surface area (TPSA) is 0 Å². The summed E-state index contributed by atoms with van der Waals surface area (Å²) < 4.78 is 0. The van der Waals surface area contributed by atoms with E-state index >= 15 is 0 Å². The molecule has 0 nitrogen and oxygen atoms in total. The number of fused-ring (bicyclic) bond motifs is 3.